The van der Waals surface area contributed by atoms with Crippen LogP contribution in [-0.2, 0) is 10.0 Å². The first kappa shape index (κ1) is 21.1. The predicted molar refractivity (Wildman–Crippen MR) is 125 cm³/mol. The van der Waals surface area contributed by atoms with Crippen LogP contribution < -0.4 is 5.73 Å². The Hall–Kier alpha value is -3.16. The molecule has 0 saturated heterocycles. The highest BCUT2D eigenvalue weighted by atomic mass is 35.5. The van der Waals surface area contributed by atoms with Crippen molar-refractivity contribution in [1.29, 1.82) is 0 Å². The minimum atomic E-state index is -3.88. The zero-order valence-corrected chi connectivity index (χ0v) is 18.4. The van der Waals surface area contributed by atoms with Crippen molar-refractivity contribution < 1.29 is 8.42 Å². The number of nitrogens with zero attached hydrogens (tertiary/aromatic N) is 3. The number of hydrazone groups is 1. The van der Waals surface area contributed by atoms with E-state index >= 15 is 0 Å². The third-order valence-corrected chi connectivity index (χ3v) is 6.68. The second-order valence-electron chi connectivity index (χ2n) is 7.22. The van der Waals surface area contributed by atoms with Gasteiger partial charge in [0.1, 0.15) is 5.84 Å². The summed E-state index contributed by atoms with van der Waals surface area (Å²) in [6.45, 7) is 2.13. The van der Waals surface area contributed by atoms with Crippen LogP contribution in [0.1, 0.15) is 24.0 Å². The fourth-order valence-corrected chi connectivity index (χ4v) is 4.60. The second kappa shape index (κ2) is 8.53. The quantitative estimate of drug-likeness (QED) is 0.357. The zero-order valence-electron chi connectivity index (χ0n) is 16.8. The number of sulfonamides is 1. The summed E-state index contributed by atoms with van der Waals surface area (Å²) in [6.07, 6.45) is 0. The van der Waals surface area contributed by atoms with Gasteiger partial charge in [0.2, 0.25) is 0 Å². The van der Waals surface area contributed by atoms with E-state index in [-0.39, 0.29) is 10.8 Å². The number of hydrogen-bond donors (Lipinski definition) is 1. The van der Waals surface area contributed by atoms with Gasteiger partial charge < -0.3 is 5.73 Å². The molecular weight excluding hydrogens is 432 g/mol. The summed E-state index contributed by atoms with van der Waals surface area (Å²) in [5.41, 5.74) is 9.36. The van der Waals surface area contributed by atoms with E-state index in [4.69, 9.17) is 22.4 Å². The Labute approximate surface area is 186 Å². The third-order valence-electron chi connectivity index (χ3n) is 5.06. The molecule has 1 aliphatic heterocycles. The highest BCUT2D eigenvalue weighted by Gasteiger charge is 2.31. The number of nitrogen functional groups attached to an aromatic ring is 1. The lowest BCUT2D eigenvalue weighted by Gasteiger charge is -2.16. The van der Waals surface area contributed by atoms with Crippen LogP contribution in [0.3, 0.4) is 0 Å². The largest absolute Gasteiger partial charge is 0.399 e. The van der Waals surface area contributed by atoms with Gasteiger partial charge in [-0.2, -0.15) is 13.5 Å². The molecule has 1 heterocycles. The Morgan fingerprint density at radius 1 is 1.03 bits per heavy atom. The van der Waals surface area contributed by atoms with Gasteiger partial charge in [0.25, 0.3) is 10.0 Å². The Morgan fingerprint density at radius 2 is 1.68 bits per heavy atom. The maximum atomic E-state index is 12.7. The second-order valence-corrected chi connectivity index (χ2v) is 9.26. The van der Waals surface area contributed by atoms with Gasteiger partial charge in [0.15, 0.2) is 0 Å². The average molecular weight is 453 g/mol. The van der Waals surface area contributed by atoms with Gasteiger partial charge in [-0.15, -0.1) is 4.40 Å². The van der Waals surface area contributed by atoms with Crippen LogP contribution in [0, 0.1) is 0 Å². The molecule has 0 spiro atoms. The maximum absolute atomic E-state index is 12.7. The first-order valence-corrected chi connectivity index (χ1v) is 11.5. The van der Waals surface area contributed by atoms with Gasteiger partial charge >= 0.3 is 0 Å². The van der Waals surface area contributed by atoms with Crippen molar-refractivity contribution in [3.8, 4) is 0 Å². The van der Waals surface area contributed by atoms with E-state index in [9.17, 15) is 8.42 Å². The Morgan fingerprint density at radius 3 is 2.32 bits per heavy atom. The highest BCUT2D eigenvalue weighted by Crippen LogP contribution is 2.29. The molecule has 0 fully saturated rings. The minimum Gasteiger partial charge on any atom is -0.399 e. The summed E-state index contributed by atoms with van der Waals surface area (Å²) in [5.74, 6) is 0.259. The van der Waals surface area contributed by atoms with E-state index < -0.39 is 10.0 Å². The monoisotopic (exact) mass is 452 g/mol. The van der Waals surface area contributed by atoms with Crippen molar-refractivity contribution in [3.63, 3.8) is 0 Å². The highest BCUT2D eigenvalue weighted by molar-refractivity contribution is 7.90. The van der Waals surface area contributed by atoms with Crippen LogP contribution in [0.2, 0.25) is 5.02 Å². The van der Waals surface area contributed by atoms with Crippen LogP contribution in [0.4, 0.5) is 5.69 Å². The SMILES string of the molecule is CC(=NS(=O)(=O)c1ccc(Cl)cc1)N1CC(c2ccccc2)C(c2ccc(N)cc2)=N1. The summed E-state index contributed by atoms with van der Waals surface area (Å²) < 4.78 is 29.5. The summed E-state index contributed by atoms with van der Waals surface area (Å²) >= 11 is 5.86. The summed E-state index contributed by atoms with van der Waals surface area (Å²) in [7, 11) is -3.88. The van der Waals surface area contributed by atoms with E-state index in [1.165, 1.54) is 24.3 Å². The topological polar surface area (TPSA) is 88.1 Å². The van der Waals surface area contributed by atoms with E-state index in [2.05, 4.69) is 4.40 Å². The molecule has 3 aromatic rings. The minimum absolute atomic E-state index is 0.0341. The molecule has 0 aliphatic carbocycles. The number of benzene rings is 3. The van der Waals surface area contributed by atoms with Crippen molar-refractivity contribution in [3.05, 3.63) is 95.0 Å². The molecule has 1 unspecified atom stereocenters. The van der Waals surface area contributed by atoms with Gasteiger partial charge in [-0.05, 0) is 54.4 Å². The van der Waals surface area contributed by atoms with Gasteiger partial charge in [0.05, 0.1) is 17.2 Å². The molecule has 31 heavy (non-hydrogen) atoms. The van der Waals surface area contributed by atoms with Crippen molar-refractivity contribution in [2.45, 2.75) is 17.7 Å². The number of amidine groups is 1. The lowest BCUT2D eigenvalue weighted by atomic mass is 9.90. The van der Waals surface area contributed by atoms with E-state index in [1.807, 2.05) is 54.6 Å². The first-order chi connectivity index (χ1) is 14.8. The van der Waals surface area contributed by atoms with Gasteiger partial charge in [-0.1, -0.05) is 54.1 Å². The fraction of sp³-hybridized carbons (Fsp3) is 0.130. The van der Waals surface area contributed by atoms with Crippen LogP contribution in [-0.4, -0.2) is 31.5 Å². The van der Waals surface area contributed by atoms with Crippen LogP contribution in [0.5, 0.6) is 0 Å². The first-order valence-electron chi connectivity index (χ1n) is 9.67. The van der Waals surface area contributed by atoms with Gasteiger partial charge in [-0.25, -0.2) is 5.01 Å². The molecular formula is C23H21ClN4O2S. The third kappa shape index (κ3) is 4.62. The zero-order chi connectivity index (χ0) is 22.0. The summed E-state index contributed by atoms with van der Waals surface area (Å²) in [5, 5.41) is 6.83. The Balaban J connectivity index is 1.70. The van der Waals surface area contributed by atoms with Crippen LogP contribution >= 0.6 is 11.6 Å². The molecule has 0 bridgehead atoms. The normalized spacial score (nSPS) is 17.0. The maximum Gasteiger partial charge on any atom is 0.283 e. The Kier molecular flexibility index (Phi) is 5.80. The molecule has 158 valence electrons. The molecule has 0 aromatic heterocycles. The van der Waals surface area contributed by atoms with Crippen LogP contribution in [0.15, 0.2) is 93.3 Å². The summed E-state index contributed by atoms with van der Waals surface area (Å²) in [4.78, 5) is 0.0813. The number of rotatable bonds is 4. The molecule has 0 saturated carbocycles. The molecule has 2 N–H and O–H groups in total. The summed E-state index contributed by atoms with van der Waals surface area (Å²) in [6, 6.07) is 23.4. The predicted octanol–water partition coefficient (Wildman–Crippen LogP) is 4.53. The van der Waals surface area contributed by atoms with Gasteiger partial charge in [0, 0.05) is 16.6 Å². The number of halogens is 1. The molecule has 1 atom stereocenters. The standard InChI is InChI=1S/C23H21ClN4O2S/c1-16(27-31(29,30)21-13-9-19(24)10-14-21)28-15-22(17-5-3-2-4-6-17)23(26-28)18-7-11-20(25)12-8-18/h2-14,22H,15,25H2,1H3. The molecule has 4 rings (SSSR count). The lowest BCUT2D eigenvalue weighted by Crippen LogP contribution is -2.24. The lowest BCUT2D eigenvalue weighted by molar-refractivity contribution is 0.472. The molecule has 3 aromatic carbocycles. The van der Waals surface area contributed by atoms with Gasteiger partial charge in [-0.3, -0.25) is 0 Å². The molecule has 1 aliphatic rings. The van der Waals surface area contributed by atoms with Crippen molar-refractivity contribution in [2.75, 3.05) is 12.3 Å². The molecule has 0 amide bonds. The molecule has 0 radical (unpaired) electrons. The smallest absolute Gasteiger partial charge is 0.283 e. The fourth-order valence-electron chi connectivity index (χ4n) is 3.45. The Bertz CT molecular complexity index is 1240. The number of anilines is 1. The number of nitrogens with two attached hydrogens (primary N) is 1. The average Bonchev–Trinajstić information content (AvgIpc) is 3.21. The van der Waals surface area contributed by atoms with E-state index in [0.717, 1.165) is 16.8 Å². The van der Waals surface area contributed by atoms with Crippen molar-refractivity contribution >= 4 is 38.9 Å². The van der Waals surface area contributed by atoms with E-state index in [0.29, 0.717) is 23.1 Å². The van der Waals surface area contributed by atoms with E-state index in [1.54, 1.807) is 11.9 Å². The van der Waals surface area contributed by atoms with Crippen LogP contribution in [0.25, 0.3) is 0 Å². The molecule has 6 nitrogen and oxygen atoms in total. The number of hydrogen-bond acceptors (Lipinski definition) is 4. The molecule has 8 heteroatoms. The van der Waals surface area contributed by atoms with Crippen molar-refractivity contribution in [2.24, 2.45) is 9.50 Å². The van der Waals surface area contributed by atoms with Crippen molar-refractivity contribution in [1.82, 2.24) is 5.01 Å².